The first-order chi connectivity index (χ1) is 8.63. The minimum absolute atomic E-state index is 0.747. The number of anilines is 1. The molecule has 0 fully saturated rings. The van der Waals surface area contributed by atoms with Gasteiger partial charge in [0.15, 0.2) is 0 Å². The van der Waals surface area contributed by atoms with E-state index in [2.05, 4.69) is 42.9 Å². The highest BCUT2D eigenvalue weighted by atomic mass is 79.9. The summed E-state index contributed by atoms with van der Waals surface area (Å²) in [4.78, 5) is 4.63. The van der Waals surface area contributed by atoms with Gasteiger partial charge in [-0.2, -0.15) is 0 Å². The molecule has 0 aliphatic carbocycles. The molecule has 0 amide bonds. The van der Waals surface area contributed by atoms with Gasteiger partial charge >= 0.3 is 0 Å². The summed E-state index contributed by atoms with van der Waals surface area (Å²) in [5.41, 5.74) is 8.72. The molecule has 0 aliphatic heterocycles. The predicted octanol–water partition coefficient (Wildman–Crippen LogP) is 5.07. The summed E-state index contributed by atoms with van der Waals surface area (Å²) in [6.45, 7) is 0. The number of nitrogens with two attached hydrogens (primary N) is 1. The third-order valence-corrected chi connectivity index (χ3v) is 4.65. The molecule has 0 saturated heterocycles. The zero-order chi connectivity index (χ0) is 12.7. The molecule has 2 N–H and O–H groups in total. The van der Waals surface area contributed by atoms with Crippen molar-refractivity contribution in [1.82, 2.24) is 4.98 Å². The molecule has 1 heterocycles. The number of fused-ring (bicyclic) bond motifs is 1. The highest BCUT2D eigenvalue weighted by Gasteiger charge is 2.09. The van der Waals surface area contributed by atoms with Crippen molar-refractivity contribution in [2.45, 2.75) is 0 Å². The molecule has 0 unspecified atom stereocenters. The van der Waals surface area contributed by atoms with Gasteiger partial charge in [-0.1, -0.05) is 31.9 Å². The van der Waals surface area contributed by atoms with E-state index in [1.54, 1.807) is 11.3 Å². The van der Waals surface area contributed by atoms with Crippen LogP contribution in [-0.4, -0.2) is 4.98 Å². The van der Waals surface area contributed by atoms with Gasteiger partial charge in [-0.05, 0) is 36.4 Å². The van der Waals surface area contributed by atoms with E-state index in [0.717, 1.165) is 35.4 Å². The summed E-state index contributed by atoms with van der Waals surface area (Å²) in [5.74, 6) is 0. The summed E-state index contributed by atoms with van der Waals surface area (Å²) < 4.78 is 3.20. The topological polar surface area (TPSA) is 38.9 Å². The fourth-order valence-electron chi connectivity index (χ4n) is 1.73. The van der Waals surface area contributed by atoms with Crippen LogP contribution < -0.4 is 5.73 Å². The largest absolute Gasteiger partial charge is 0.398 e. The molecule has 0 aliphatic rings. The molecular weight excluding hydrogens is 376 g/mol. The number of rotatable bonds is 1. The van der Waals surface area contributed by atoms with E-state index in [1.165, 1.54) is 0 Å². The molecule has 0 radical (unpaired) electrons. The smallest absolute Gasteiger partial charge is 0.126 e. The van der Waals surface area contributed by atoms with Crippen LogP contribution in [0.15, 0.2) is 45.3 Å². The maximum atomic E-state index is 6.01. The zero-order valence-corrected chi connectivity index (χ0v) is 13.1. The van der Waals surface area contributed by atoms with Crippen molar-refractivity contribution >= 4 is 59.1 Å². The maximum absolute atomic E-state index is 6.01. The summed E-state index contributed by atoms with van der Waals surface area (Å²) in [6.07, 6.45) is 0. The van der Waals surface area contributed by atoms with E-state index >= 15 is 0 Å². The average Bonchev–Trinajstić information content (AvgIpc) is 2.74. The van der Waals surface area contributed by atoms with Crippen molar-refractivity contribution in [3.8, 4) is 10.6 Å². The molecule has 0 saturated carbocycles. The van der Waals surface area contributed by atoms with Crippen molar-refractivity contribution in [2.75, 3.05) is 5.73 Å². The van der Waals surface area contributed by atoms with E-state index in [-0.39, 0.29) is 0 Å². The standard InChI is InChI=1S/C13H8Br2N2S/c14-7-1-3-10(16)9(5-7)13-17-11-6-8(15)2-4-12(11)18-13/h1-6H,16H2. The summed E-state index contributed by atoms with van der Waals surface area (Å²) >= 11 is 8.57. The Bertz CT molecular complexity index is 737. The first-order valence-corrected chi connectivity index (χ1v) is 7.65. The lowest BCUT2D eigenvalue weighted by molar-refractivity contribution is 1.47. The minimum atomic E-state index is 0.747. The molecule has 90 valence electrons. The third-order valence-electron chi connectivity index (χ3n) is 2.60. The van der Waals surface area contributed by atoms with Crippen LogP contribution in [0.1, 0.15) is 0 Å². The van der Waals surface area contributed by atoms with Gasteiger partial charge in [0.1, 0.15) is 5.01 Å². The fourth-order valence-corrected chi connectivity index (χ4v) is 3.42. The van der Waals surface area contributed by atoms with Crippen molar-refractivity contribution in [3.63, 3.8) is 0 Å². The highest BCUT2D eigenvalue weighted by molar-refractivity contribution is 9.10. The van der Waals surface area contributed by atoms with Crippen LogP contribution in [0, 0.1) is 0 Å². The average molecular weight is 384 g/mol. The summed E-state index contributed by atoms with van der Waals surface area (Å²) in [6, 6.07) is 11.9. The fraction of sp³-hybridized carbons (Fsp3) is 0. The Morgan fingerprint density at radius 3 is 2.56 bits per heavy atom. The Hall–Kier alpha value is -0.910. The lowest BCUT2D eigenvalue weighted by atomic mass is 10.2. The second kappa shape index (κ2) is 4.64. The number of hydrogen-bond donors (Lipinski definition) is 1. The zero-order valence-electron chi connectivity index (χ0n) is 9.15. The molecule has 0 atom stereocenters. The second-order valence-corrected chi connectivity index (χ2v) is 6.72. The van der Waals surface area contributed by atoms with Crippen LogP contribution in [-0.2, 0) is 0 Å². The molecule has 18 heavy (non-hydrogen) atoms. The van der Waals surface area contributed by atoms with Gasteiger partial charge in [-0.15, -0.1) is 11.3 Å². The highest BCUT2D eigenvalue weighted by Crippen LogP contribution is 2.35. The monoisotopic (exact) mass is 382 g/mol. The summed E-state index contributed by atoms with van der Waals surface area (Å²) in [5, 5.41) is 0.946. The van der Waals surface area contributed by atoms with Gasteiger partial charge in [0, 0.05) is 20.2 Å². The van der Waals surface area contributed by atoms with Crippen LogP contribution in [0.25, 0.3) is 20.8 Å². The van der Waals surface area contributed by atoms with Gasteiger partial charge in [0.25, 0.3) is 0 Å². The minimum Gasteiger partial charge on any atom is -0.398 e. The van der Waals surface area contributed by atoms with E-state index in [0.29, 0.717) is 0 Å². The first kappa shape index (κ1) is 12.1. The number of aromatic nitrogens is 1. The Balaban J connectivity index is 2.22. The normalized spacial score (nSPS) is 11.0. The van der Waals surface area contributed by atoms with Crippen LogP contribution in [0.2, 0.25) is 0 Å². The van der Waals surface area contributed by atoms with E-state index < -0.39 is 0 Å². The van der Waals surface area contributed by atoms with Crippen molar-refractivity contribution in [3.05, 3.63) is 45.3 Å². The molecule has 3 aromatic rings. The molecule has 2 nitrogen and oxygen atoms in total. The molecule has 1 aromatic heterocycles. The Morgan fingerprint density at radius 2 is 1.72 bits per heavy atom. The van der Waals surface area contributed by atoms with E-state index in [9.17, 15) is 0 Å². The van der Waals surface area contributed by atoms with Crippen LogP contribution in [0.5, 0.6) is 0 Å². The van der Waals surface area contributed by atoms with Crippen LogP contribution in [0.3, 0.4) is 0 Å². The summed E-state index contributed by atoms with van der Waals surface area (Å²) in [7, 11) is 0. The van der Waals surface area contributed by atoms with Crippen molar-refractivity contribution in [1.29, 1.82) is 0 Å². The van der Waals surface area contributed by atoms with Gasteiger partial charge in [-0.3, -0.25) is 0 Å². The Labute approximate surface area is 125 Å². The number of benzene rings is 2. The van der Waals surface area contributed by atoms with Gasteiger partial charge in [0.05, 0.1) is 10.2 Å². The van der Waals surface area contributed by atoms with Crippen molar-refractivity contribution < 1.29 is 0 Å². The second-order valence-electron chi connectivity index (χ2n) is 3.86. The van der Waals surface area contributed by atoms with Gasteiger partial charge in [-0.25, -0.2) is 4.98 Å². The third kappa shape index (κ3) is 2.18. The SMILES string of the molecule is Nc1ccc(Br)cc1-c1nc2cc(Br)ccc2s1. The number of halogens is 2. The van der Waals surface area contributed by atoms with Crippen LogP contribution in [0.4, 0.5) is 5.69 Å². The molecule has 0 spiro atoms. The number of nitrogen functional groups attached to an aromatic ring is 1. The molecular formula is C13H8Br2N2S. The Morgan fingerprint density at radius 1 is 1.00 bits per heavy atom. The lowest BCUT2D eigenvalue weighted by Gasteiger charge is -2.01. The Kier molecular flexibility index (Phi) is 3.13. The predicted molar refractivity (Wildman–Crippen MR) is 84.9 cm³/mol. The quantitative estimate of drug-likeness (QED) is 0.595. The molecule has 0 bridgehead atoms. The molecule has 5 heteroatoms. The number of nitrogens with zero attached hydrogens (tertiary/aromatic N) is 1. The van der Waals surface area contributed by atoms with Gasteiger partial charge in [0.2, 0.25) is 0 Å². The maximum Gasteiger partial charge on any atom is 0.126 e. The number of hydrogen-bond acceptors (Lipinski definition) is 3. The van der Waals surface area contributed by atoms with E-state index in [1.807, 2.05) is 30.3 Å². The molecule has 3 rings (SSSR count). The molecule has 2 aromatic carbocycles. The number of thiazole rings is 1. The first-order valence-electron chi connectivity index (χ1n) is 5.25. The van der Waals surface area contributed by atoms with E-state index in [4.69, 9.17) is 5.73 Å². The lowest BCUT2D eigenvalue weighted by Crippen LogP contribution is -1.89. The van der Waals surface area contributed by atoms with Crippen LogP contribution >= 0.6 is 43.2 Å². The van der Waals surface area contributed by atoms with Gasteiger partial charge < -0.3 is 5.73 Å². The van der Waals surface area contributed by atoms with Crippen molar-refractivity contribution in [2.24, 2.45) is 0 Å².